The molecule has 3 rings (SSSR count). The minimum atomic E-state index is -3.59. The Labute approximate surface area is 167 Å². The fourth-order valence-electron chi connectivity index (χ4n) is 3.91. The molecule has 2 saturated heterocycles. The zero-order valence-corrected chi connectivity index (χ0v) is 17.2. The number of carbonyl (C=O) groups excluding carboxylic acids is 1. The molecule has 1 aromatic rings. The van der Waals surface area contributed by atoms with E-state index in [1.165, 1.54) is 41.4 Å². The van der Waals surface area contributed by atoms with Crippen LogP contribution < -0.4 is 0 Å². The average Bonchev–Trinajstić information content (AvgIpc) is 3.25. The van der Waals surface area contributed by atoms with Crippen molar-refractivity contribution in [2.45, 2.75) is 30.6 Å². The van der Waals surface area contributed by atoms with Crippen LogP contribution in [0.25, 0.3) is 0 Å². The molecule has 0 atom stereocenters. The van der Waals surface area contributed by atoms with Gasteiger partial charge in [-0.3, -0.25) is 4.79 Å². The Kier molecular flexibility index (Phi) is 6.70. The van der Waals surface area contributed by atoms with Crippen molar-refractivity contribution in [2.75, 3.05) is 46.3 Å². The first kappa shape index (κ1) is 20.8. The highest BCUT2D eigenvalue weighted by Gasteiger charge is 2.33. The van der Waals surface area contributed by atoms with E-state index in [0.29, 0.717) is 31.5 Å². The van der Waals surface area contributed by atoms with Crippen LogP contribution in [0.4, 0.5) is 0 Å². The molecular formula is C20H28N4O3S. The minimum Gasteiger partial charge on any atom is -0.344 e. The van der Waals surface area contributed by atoms with Gasteiger partial charge in [0.25, 0.3) is 0 Å². The van der Waals surface area contributed by atoms with Crippen molar-refractivity contribution in [1.29, 1.82) is 5.26 Å². The summed E-state index contributed by atoms with van der Waals surface area (Å²) in [6.07, 6.45) is 3.57. The highest BCUT2D eigenvalue weighted by molar-refractivity contribution is 7.89. The van der Waals surface area contributed by atoms with Crippen LogP contribution in [0.5, 0.6) is 0 Å². The van der Waals surface area contributed by atoms with Crippen LogP contribution in [-0.2, 0) is 14.8 Å². The van der Waals surface area contributed by atoms with Gasteiger partial charge < -0.3 is 9.80 Å². The third kappa shape index (κ3) is 4.72. The number of likely N-dealkylation sites (tertiary alicyclic amines) is 1. The first-order chi connectivity index (χ1) is 13.4. The Morgan fingerprint density at radius 2 is 1.75 bits per heavy atom. The molecule has 0 unspecified atom stereocenters. The molecule has 2 aliphatic heterocycles. The molecule has 152 valence electrons. The summed E-state index contributed by atoms with van der Waals surface area (Å²) in [6.45, 7) is 4.56. The number of nitriles is 1. The van der Waals surface area contributed by atoms with E-state index in [1.807, 2.05) is 13.1 Å². The Balaban J connectivity index is 1.52. The number of likely N-dealkylation sites (N-methyl/N-ethyl adjacent to an activating group) is 1. The number of hydrogen-bond acceptors (Lipinski definition) is 5. The maximum atomic E-state index is 12.8. The number of piperidine rings is 1. The summed E-state index contributed by atoms with van der Waals surface area (Å²) >= 11 is 0. The summed E-state index contributed by atoms with van der Waals surface area (Å²) in [6, 6.07) is 7.95. The summed E-state index contributed by atoms with van der Waals surface area (Å²) in [7, 11) is -1.74. The molecule has 1 aromatic carbocycles. The number of benzene rings is 1. The van der Waals surface area contributed by atoms with Crippen molar-refractivity contribution < 1.29 is 13.2 Å². The Morgan fingerprint density at radius 3 is 2.32 bits per heavy atom. The lowest BCUT2D eigenvalue weighted by Crippen LogP contribution is -2.44. The topological polar surface area (TPSA) is 84.7 Å². The number of carbonyl (C=O) groups is 1. The largest absolute Gasteiger partial charge is 0.344 e. The van der Waals surface area contributed by atoms with Crippen LogP contribution in [-0.4, -0.2) is 74.7 Å². The quantitative estimate of drug-likeness (QED) is 0.718. The number of hydrogen-bond donors (Lipinski definition) is 0. The first-order valence-electron chi connectivity index (χ1n) is 9.89. The predicted molar refractivity (Wildman–Crippen MR) is 106 cm³/mol. The van der Waals surface area contributed by atoms with Crippen LogP contribution in [0.2, 0.25) is 0 Å². The van der Waals surface area contributed by atoms with E-state index in [0.717, 1.165) is 26.2 Å². The van der Waals surface area contributed by atoms with E-state index in [9.17, 15) is 13.2 Å². The van der Waals surface area contributed by atoms with Gasteiger partial charge in [-0.1, -0.05) is 0 Å². The van der Waals surface area contributed by atoms with E-state index < -0.39 is 10.0 Å². The summed E-state index contributed by atoms with van der Waals surface area (Å²) in [5.74, 6) is 0.00520. The van der Waals surface area contributed by atoms with Crippen LogP contribution in [0, 0.1) is 17.2 Å². The van der Waals surface area contributed by atoms with Crippen LogP contribution in [0.1, 0.15) is 31.2 Å². The molecular weight excluding hydrogens is 376 g/mol. The van der Waals surface area contributed by atoms with Crippen molar-refractivity contribution in [1.82, 2.24) is 14.1 Å². The second-order valence-electron chi connectivity index (χ2n) is 7.62. The molecule has 0 spiro atoms. The van der Waals surface area contributed by atoms with E-state index in [4.69, 9.17) is 5.26 Å². The van der Waals surface area contributed by atoms with Gasteiger partial charge in [0.2, 0.25) is 15.9 Å². The molecule has 0 aromatic heterocycles. The summed E-state index contributed by atoms with van der Waals surface area (Å²) < 4.78 is 27.0. The van der Waals surface area contributed by atoms with Gasteiger partial charge in [0.1, 0.15) is 0 Å². The van der Waals surface area contributed by atoms with Gasteiger partial charge in [0.05, 0.1) is 16.5 Å². The van der Waals surface area contributed by atoms with Gasteiger partial charge >= 0.3 is 0 Å². The molecule has 28 heavy (non-hydrogen) atoms. The van der Waals surface area contributed by atoms with Gasteiger partial charge in [-0.15, -0.1) is 0 Å². The lowest BCUT2D eigenvalue weighted by Gasteiger charge is -2.33. The first-order valence-corrected chi connectivity index (χ1v) is 11.3. The molecule has 2 fully saturated rings. The summed E-state index contributed by atoms with van der Waals surface area (Å²) in [4.78, 5) is 17.1. The van der Waals surface area contributed by atoms with Crippen molar-refractivity contribution in [3.8, 4) is 6.07 Å². The van der Waals surface area contributed by atoms with Gasteiger partial charge in [0, 0.05) is 39.1 Å². The molecule has 8 heteroatoms. The normalized spacial score (nSPS) is 19.4. The highest BCUT2D eigenvalue weighted by atomic mass is 32.2. The van der Waals surface area contributed by atoms with Crippen molar-refractivity contribution >= 4 is 15.9 Å². The average molecular weight is 405 g/mol. The van der Waals surface area contributed by atoms with E-state index in [2.05, 4.69) is 4.90 Å². The van der Waals surface area contributed by atoms with Gasteiger partial charge in [-0.2, -0.15) is 9.57 Å². The third-order valence-electron chi connectivity index (χ3n) is 5.75. The SMILES string of the molecule is CN(CCN1CCCC1)C(=O)C1CCN(S(=O)(=O)c2ccc(C#N)cc2)CC1. The molecule has 1 amide bonds. The number of rotatable bonds is 6. The zero-order valence-electron chi connectivity index (χ0n) is 16.4. The fourth-order valence-corrected chi connectivity index (χ4v) is 5.38. The maximum absolute atomic E-state index is 12.8. The second kappa shape index (κ2) is 9.03. The third-order valence-corrected chi connectivity index (χ3v) is 7.66. The van der Waals surface area contributed by atoms with Crippen molar-refractivity contribution in [3.63, 3.8) is 0 Å². The Bertz CT molecular complexity index is 818. The lowest BCUT2D eigenvalue weighted by atomic mass is 9.97. The Hall–Kier alpha value is -1.95. The fraction of sp³-hybridized carbons (Fsp3) is 0.600. The smallest absolute Gasteiger partial charge is 0.243 e. The van der Waals surface area contributed by atoms with Crippen molar-refractivity contribution in [3.05, 3.63) is 29.8 Å². The Morgan fingerprint density at radius 1 is 1.14 bits per heavy atom. The van der Waals surface area contributed by atoms with Gasteiger partial charge in [0.15, 0.2) is 0 Å². The monoisotopic (exact) mass is 404 g/mol. The molecule has 7 nitrogen and oxygen atoms in total. The highest BCUT2D eigenvalue weighted by Crippen LogP contribution is 2.25. The molecule has 0 aliphatic carbocycles. The number of nitrogens with zero attached hydrogens (tertiary/aromatic N) is 4. The molecule has 0 N–H and O–H groups in total. The molecule has 2 heterocycles. The molecule has 0 bridgehead atoms. The van der Waals surface area contributed by atoms with Gasteiger partial charge in [-0.25, -0.2) is 8.42 Å². The molecule has 2 aliphatic rings. The maximum Gasteiger partial charge on any atom is 0.243 e. The summed E-state index contributed by atoms with van der Waals surface area (Å²) in [5.41, 5.74) is 0.431. The minimum absolute atomic E-state index is 0.115. The number of amides is 1. The number of sulfonamides is 1. The zero-order chi connectivity index (χ0) is 20.1. The van der Waals surface area contributed by atoms with Gasteiger partial charge in [-0.05, 0) is 63.0 Å². The second-order valence-corrected chi connectivity index (χ2v) is 9.56. The van der Waals surface area contributed by atoms with E-state index >= 15 is 0 Å². The summed E-state index contributed by atoms with van der Waals surface area (Å²) in [5, 5.41) is 8.86. The van der Waals surface area contributed by atoms with E-state index in [-0.39, 0.29) is 16.7 Å². The molecule has 0 saturated carbocycles. The van der Waals surface area contributed by atoms with E-state index in [1.54, 1.807) is 4.90 Å². The molecule has 0 radical (unpaired) electrons. The lowest BCUT2D eigenvalue weighted by molar-refractivity contribution is -0.135. The van der Waals surface area contributed by atoms with Crippen LogP contribution >= 0.6 is 0 Å². The van der Waals surface area contributed by atoms with Crippen molar-refractivity contribution in [2.24, 2.45) is 5.92 Å². The standard InChI is InChI=1S/C20H28N4O3S/c1-22(14-15-23-10-2-3-11-23)20(25)18-8-12-24(13-9-18)28(26,27)19-6-4-17(16-21)5-7-19/h4-7,18H,2-3,8-15H2,1H3. The van der Waals surface area contributed by atoms with Crippen LogP contribution in [0.15, 0.2) is 29.2 Å². The van der Waals surface area contributed by atoms with Crippen LogP contribution in [0.3, 0.4) is 0 Å². The predicted octanol–water partition coefficient (Wildman–Crippen LogP) is 1.51.